The first-order valence-corrected chi connectivity index (χ1v) is 12.8. The molecule has 0 aromatic heterocycles. The molecule has 3 aromatic rings. The summed E-state index contributed by atoms with van der Waals surface area (Å²) in [6.45, 7) is 4.16. The van der Waals surface area contributed by atoms with Gasteiger partial charge in [-0.25, -0.2) is 0 Å². The number of nitrogens with zero attached hydrogens (tertiary/aromatic N) is 1. The Morgan fingerprint density at radius 3 is 2.46 bits per heavy atom. The van der Waals surface area contributed by atoms with Gasteiger partial charge in [0.05, 0.1) is 31.1 Å². The van der Waals surface area contributed by atoms with Gasteiger partial charge in [0.1, 0.15) is 11.5 Å². The lowest BCUT2D eigenvalue weighted by Crippen LogP contribution is -2.37. The van der Waals surface area contributed by atoms with Gasteiger partial charge >= 0.3 is 0 Å². The van der Waals surface area contributed by atoms with Crippen LogP contribution < -0.4 is 19.7 Å². The average Bonchev–Trinajstić information content (AvgIpc) is 3.06. The second-order valence-corrected chi connectivity index (χ2v) is 9.51. The van der Waals surface area contributed by atoms with E-state index in [0.29, 0.717) is 30.8 Å². The molecule has 6 heteroatoms. The summed E-state index contributed by atoms with van der Waals surface area (Å²) in [5.41, 5.74) is 4.93. The molecule has 1 aliphatic heterocycles. The zero-order valence-electron chi connectivity index (χ0n) is 21.5. The van der Waals surface area contributed by atoms with Crippen molar-refractivity contribution in [2.75, 3.05) is 23.9 Å². The maximum atomic E-state index is 14.0. The van der Waals surface area contributed by atoms with Gasteiger partial charge in [0.25, 0.3) is 0 Å². The molecule has 6 nitrogen and oxygen atoms in total. The van der Waals surface area contributed by atoms with Crippen molar-refractivity contribution < 1.29 is 19.1 Å². The number of fused-ring (bicyclic) bond motifs is 1. The summed E-state index contributed by atoms with van der Waals surface area (Å²) in [7, 11) is 1.64. The molecule has 190 valence electrons. The number of carbonyl (C=O) groups is 2. The summed E-state index contributed by atoms with van der Waals surface area (Å²) in [5.74, 6) is 1.39. The Kier molecular flexibility index (Phi) is 6.99. The number of anilines is 2. The van der Waals surface area contributed by atoms with Crippen LogP contribution in [-0.4, -0.2) is 25.4 Å². The van der Waals surface area contributed by atoms with E-state index in [1.807, 2.05) is 72.8 Å². The Morgan fingerprint density at radius 2 is 1.73 bits per heavy atom. The molecule has 3 aromatic carbocycles. The predicted octanol–water partition coefficient (Wildman–Crippen LogP) is 6.40. The number of nitrogens with one attached hydrogen (secondary N) is 1. The van der Waals surface area contributed by atoms with E-state index in [9.17, 15) is 9.59 Å². The molecule has 0 saturated carbocycles. The standard InChI is InChI=1S/C31H32N2O4/c1-4-17-37-29-12-8-5-9-24(29)31-30-26(32-25-10-6-7-11-27(25)33(31)20(2)34)18-22(19-28(30)35)21-13-15-23(36-3)16-14-21/h5-16,22,31-32H,4,17-19H2,1-3H3. The first kappa shape index (κ1) is 24.6. The van der Waals surface area contributed by atoms with Gasteiger partial charge in [-0.3, -0.25) is 14.5 Å². The van der Waals surface area contributed by atoms with Crippen LogP contribution in [-0.2, 0) is 9.59 Å². The lowest BCUT2D eigenvalue weighted by atomic mass is 9.78. The number of benzene rings is 3. The monoisotopic (exact) mass is 496 g/mol. The Bertz CT molecular complexity index is 1350. The highest BCUT2D eigenvalue weighted by atomic mass is 16.5. The third kappa shape index (κ3) is 4.71. The van der Waals surface area contributed by atoms with Crippen molar-refractivity contribution in [2.24, 2.45) is 0 Å². The molecule has 2 aliphatic rings. The van der Waals surface area contributed by atoms with Gasteiger partial charge < -0.3 is 14.8 Å². The van der Waals surface area contributed by atoms with E-state index in [1.54, 1.807) is 18.9 Å². The van der Waals surface area contributed by atoms with Crippen molar-refractivity contribution in [3.05, 3.63) is 95.2 Å². The summed E-state index contributed by atoms with van der Waals surface area (Å²) < 4.78 is 11.4. The van der Waals surface area contributed by atoms with Crippen molar-refractivity contribution in [2.45, 2.75) is 45.1 Å². The van der Waals surface area contributed by atoms with Crippen molar-refractivity contribution in [3.8, 4) is 11.5 Å². The average molecular weight is 497 g/mol. The molecule has 2 unspecified atom stereocenters. The largest absolute Gasteiger partial charge is 0.497 e. The predicted molar refractivity (Wildman–Crippen MR) is 145 cm³/mol. The SMILES string of the molecule is CCCOc1ccccc1C1C2=C(CC(c3ccc(OC)cc3)CC2=O)Nc2ccccc2N1C(C)=O. The van der Waals surface area contributed by atoms with Crippen LogP contribution in [0.4, 0.5) is 11.4 Å². The van der Waals surface area contributed by atoms with Crippen molar-refractivity contribution >= 4 is 23.1 Å². The Labute approximate surface area is 217 Å². The van der Waals surface area contributed by atoms with Crippen LogP contribution in [0.25, 0.3) is 0 Å². The minimum atomic E-state index is -0.596. The number of amides is 1. The minimum Gasteiger partial charge on any atom is -0.497 e. The first-order chi connectivity index (χ1) is 18.0. The summed E-state index contributed by atoms with van der Waals surface area (Å²) >= 11 is 0. The fourth-order valence-corrected chi connectivity index (χ4v) is 5.39. The number of Topliss-reactive ketones (excluding diaryl/α,β-unsaturated/α-hetero) is 1. The topological polar surface area (TPSA) is 67.9 Å². The van der Waals surface area contributed by atoms with E-state index in [4.69, 9.17) is 9.47 Å². The molecule has 0 radical (unpaired) electrons. The minimum absolute atomic E-state index is 0.0212. The molecule has 0 bridgehead atoms. The number of rotatable bonds is 6. The van der Waals surface area contributed by atoms with Crippen LogP contribution in [0.15, 0.2) is 84.1 Å². The molecular weight excluding hydrogens is 464 g/mol. The maximum Gasteiger partial charge on any atom is 0.224 e. The van der Waals surface area contributed by atoms with Gasteiger partial charge in [-0.1, -0.05) is 49.4 Å². The van der Waals surface area contributed by atoms with Crippen molar-refractivity contribution in [1.29, 1.82) is 0 Å². The summed E-state index contributed by atoms with van der Waals surface area (Å²) in [6.07, 6.45) is 1.88. The highest BCUT2D eigenvalue weighted by Gasteiger charge is 2.41. The molecule has 1 aliphatic carbocycles. The molecule has 0 saturated heterocycles. The van der Waals surface area contributed by atoms with Gasteiger partial charge in [-0.2, -0.15) is 0 Å². The highest BCUT2D eigenvalue weighted by Crippen LogP contribution is 2.49. The van der Waals surface area contributed by atoms with Crippen LogP contribution in [0.2, 0.25) is 0 Å². The molecular formula is C31H32N2O4. The fourth-order valence-electron chi connectivity index (χ4n) is 5.39. The molecule has 2 atom stereocenters. The Morgan fingerprint density at radius 1 is 1.00 bits per heavy atom. The molecule has 0 fully saturated rings. The van der Waals surface area contributed by atoms with E-state index in [1.165, 1.54) is 0 Å². The van der Waals surface area contributed by atoms with Crippen LogP contribution in [0, 0.1) is 0 Å². The van der Waals surface area contributed by atoms with Crippen molar-refractivity contribution in [3.63, 3.8) is 0 Å². The molecule has 1 amide bonds. The molecule has 1 N–H and O–H groups in total. The second-order valence-electron chi connectivity index (χ2n) is 9.51. The summed E-state index contributed by atoms with van der Waals surface area (Å²) in [5, 5.41) is 3.56. The Balaban J connectivity index is 1.68. The number of para-hydroxylation sites is 3. The van der Waals surface area contributed by atoms with E-state index < -0.39 is 6.04 Å². The zero-order chi connectivity index (χ0) is 25.9. The van der Waals surface area contributed by atoms with E-state index in [2.05, 4.69) is 12.2 Å². The number of hydrogen-bond donors (Lipinski definition) is 1. The maximum absolute atomic E-state index is 14.0. The number of ketones is 1. The fraction of sp³-hybridized carbons (Fsp3) is 0.290. The van der Waals surface area contributed by atoms with Crippen LogP contribution in [0.3, 0.4) is 0 Å². The van der Waals surface area contributed by atoms with Crippen LogP contribution in [0.5, 0.6) is 11.5 Å². The summed E-state index contributed by atoms with van der Waals surface area (Å²) in [4.78, 5) is 29.0. The molecule has 37 heavy (non-hydrogen) atoms. The van der Waals surface area contributed by atoms with Gasteiger partial charge in [0.2, 0.25) is 5.91 Å². The molecule has 0 spiro atoms. The van der Waals surface area contributed by atoms with E-state index in [-0.39, 0.29) is 17.6 Å². The molecule has 5 rings (SSSR count). The first-order valence-electron chi connectivity index (χ1n) is 12.8. The van der Waals surface area contributed by atoms with Gasteiger partial charge in [-0.15, -0.1) is 0 Å². The lowest BCUT2D eigenvalue weighted by molar-refractivity contribution is -0.117. The third-order valence-corrected chi connectivity index (χ3v) is 7.09. The lowest BCUT2D eigenvalue weighted by Gasteiger charge is -2.35. The third-order valence-electron chi connectivity index (χ3n) is 7.09. The van der Waals surface area contributed by atoms with Crippen LogP contribution >= 0.6 is 0 Å². The molecule has 1 heterocycles. The van der Waals surface area contributed by atoms with Gasteiger partial charge in [-0.05, 0) is 54.7 Å². The smallest absolute Gasteiger partial charge is 0.224 e. The number of methoxy groups -OCH3 is 1. The zero-order valence-corrected chi connectivity index (χ0v) is 21.5. The summed E-state index contributed by atoms with van der Waals surface area (Å²) in [6, 6.07) is 22.8. The number of hydrogen-bond acceptors (Lipinski definition) is 5. The van der Waals surface area contributed by atoms with Gasteiger partial charge in [0, 0.05) is 30.2 Å². The van der Waals surface area contributed by atoms with E-state index in [0.717, 1.165) is 40.4 Å². The van der Waals surface area contributed by atoms with Crippen molar-refractivity contribution in [1.82, 2.24) is 0 Å². The van der Waals surface area contributed by atoms with E-state index >= 15 is 0 Å². The van der Waals surface area contributed by atoms with Gasteiger partial charge in [0.15, 0.2) is 5.78 Å². The highest BCUT2D eigenvalue weighted by molar-refractivity contribution is 6.06. The number of allylic oxidation sites excluding steroid dienone is 1. The Hall–Kier alpha value is -4.06. The second kappa shape index (κ2) is 10.5. The quantitative estimate of drug-likeness (QED) is 0.427. The normalized spacial score (nSPS) is 18.9. The number of carbonyl (C=O) groups excluding carboxylic acids is 2. The van der Waals surface area contributed by atoms with Crippen LogP contribution in [0.1, 0.15) is 56.2 Å². The number of ether oxygens (including phenoxy) is 2.